The molecule has 1 fully saturated rings. The molecule has 1 aliphatic heterocycles. The molecule has 1 saturated heterocycles. The number of nitrogens with zero attached hydrogens (tertiary/aromatic N) is 3. The van der Waals surface area contributed by atoms with Crippen LogP contribution in [-0.2, 0) is 6.42 Å². The van der Waals surface area contributed by atoms with Gasteiger partial charge in [-0.1, -0.05) is 29.4 Å². The van der Waals surface area contributed by atoms with Crippen LogP contribution in [0.1, 0.15) is 60.5 Å². The van der Waals surface area contributed by atoms with E-state index >= 15 is 0 Å². The van der Waals surface area contributed by atoms with Crippen LogP contribution >= 0.6 is 0 Å². The smallest absolute Gasteiger partial charge is 0.229 e. The van der Waals surface area contributed by atoms with Crippen molar-refractivity contribution in [1.29, 1.82) is 0 Å². The predicted octanol–water partition coefficient (Wildman–Crippen LogP) is 3.64. The fraction of sp³-hybridized carbons (Fsp3) is 0.556. The molecule has 116 valence electrons. The lowest BCUT2D eigenvalue weighted by atomic mass is 9.85. The number of hydrogen-bond acceptors (Lipinski definition) is 4. The third kappa shape index (κ3) is 2.56. The number of rotatable bonds is 2. The fourth-order valence-corrected chi connectivity index (χ4v) is 4.04. The van der Waals surface area contributed by atoms with Gasteiger partial charge in [-0.3, -0.25) is 4.90 Å². The molecule has 4 heteroatoms. The molecule has 0 spiro atoms. The van der Waals surface area contributed by atoms with Crippen LogP contribution in [0.2, 0.25) is 0 Å². The first kappa shape index (κ1) is 13.9. The van der Waals surface area contributed by atoms with Gasteiger partial charge in [0.15, 0.2) is 5.82 Å². The lowest BCUT2D eigenvalue weighted by molar-refractivity contribution is 0.130. The van der Waals surface area contributed by atoms with Gasteiger partial charge in [-0.05, 0) is 63.2 Å². The molecule has 1 aliphatic carbocycles. The van der Waals surface area contributed by atoms with Crippen molar-refractivity contribution < 1.29 is 4.52 Å². The molecule has 2 heterocycles. The van der Waals surface area contributed by atoms with Gasteiger partial charge >= 0.3 is 0 Å². The van der Waals surface area contributed by atoms with E-state index in [1.165, 1.54) is 19.3 Å². The average Bonchev–Trinajstić information content (AvgIpc) is 3.01. The highest BCUT2D eigenvalue weighted by atomic mass is 16.5. The second-order valence-corrected chi connectivity index (χ2v) is 6.60. The van der Waals surface area contributed by atoms with E-state index in [4.69, 9.17) is 4.52 Å². The zero-order valence-electron chi connectivity index (χ0n) is 13.2. The Morgan fingerprint density at radius 1 is 1.14 bits per heavy atom. The molecule has 0 N–H and O–H groups in total. The second kappa shape index (κ2) is 5.84. The van der Waals surface area contributed by atoms with Gasteiger partial charge in [-0.2, -0.15) is 4.98 Å². The van der Waals surface area contributed by atoms with Crippen molar-refractivity contribution in [1.82, 2.24) is 15.0 Å². The van der Waals surface area contributed by atoms with Gasteiger partial charge in [0, 0.05) is 12.0 Å². The van der Waals surface area contributed by atoms with Crippen molar-refractivity contribution in [3.63, 3.8) is 0 Å². The SMILES string of the molecule is Cc1noc(C2CCN([C@@H]3CCCc4ccccc43)CC2)n1. The van der Waals surface area contributed by atoms with Crippen LogP contribution in [0.3, 0.4) is 0 Å². The average molecular weight is 297 g/mol. The molecular formula is C18H23N3O. The van der Waals surface area contributed by atoms with Gasteiger partial charge in [0.1, 0.15) is 0 Å². The van der Waals surface area contributed by atoms with Crippen LogP contribution < -0.4 is 0 Å². The van der Waals surface area contributed by atoms with E-state index in [0.717, 1.165) is 37.6 Å². The van der Waals surface area contributed by atoms with E-state index in [9.17, 15) is 0 Å². The minimum atomic E-state index is 0.441. The van der Waals surface area contributed by atoms with Crippen LogP contribution in [0, 0.1) is 6.92 Å². The third-order valence-electron chi connectivity index (χ3n) is 5.20. The maximum Gasteiger partial charge on any atom is 0.229 e. The van der Waals surface area contributed by atoms with Gasteiger partial charge < -0.3 is 4.52 Å². The highest BCUT2D eigenvalue weighted by molar-refractivity contribution is 5.32. The first-order chi connectivity index (χ1) is 10.8. The Kier molecular flexibility index (Phi) is 3.70. The Hall–Kier alpha value is -1.68. The second-order valence-electron chi connectivity index (χ2n) is 6.60. The van der Waals surface area contributed by atoms with E-state index in [2.05, 4.69) is 39.3 Å². The number of piperidine rings is 1. The third-order valence-corrected chi connectivity index (χ3v) is 5.20. The monoisotopic (exact) mass is 297 g/mol. The summed E-state index contributed by atoms with van der Waals surface area (Å²) in [4.78, 5) is 7.08. The Morgan fingerprint density at radius 2 is 1.95 bits per heavy atom. The maximum atomic E-state index is 5.36. The molecule has 1 aromatic heterocycles. The molecule has 4 rings (SSSR count). The number of aryl methyl sites for hydroxylation is 2. The van der Waals surface area contributed by atoms with Crippen LogP contribution in [0.25, 0.3) is 0 Å². The van der Waals surface area contributed by atoms with Gasteiger partial charge in [0.25, 0.3) is 0 Å². The van der Waals surface area contributed by atoms with Crippen LogP contribution in [0.4, 0.5) is 0 Å². The molecule has 22 heavy (non-hydrogen) atoms. The van der Waals surface area contributed by atoms with E-state index < -0.39 is 0 Å². The van der Waals surface area contributed by atoms with Crippen molar-refractivity contribution in [2.75, 3.05) is 13.1 Å². The highest BCUT2D eigenvalue weighted by Gasteiger charge is 2.31. The molecule has 0 saturated carbocycles. The topological polar surface area (TPSA) is 42.2 Å². The van der Waals surface area contributed by atoms with Crippen LogP contribution in [0.15, 0.2) is 28.8 Å². The number of likely N-dealkylation sites (tertiary alicyclic amines) is 1. The Bertz CT molecular complexity index is 643. The molecule has 1 atom stereocenters. The molecular weight excluding hydrogens is 274 g/mol. The largest absolute Gasteiger partial charge is 0.339 e. The van der Waals surface area contributed by atoms with Crippen molar-refractivity contribution in [2.24, 2.45) is 0 Å². The van der Waals surface area contributed by atoms with Crippen molar-refractivity contribution in [3.05, 3.63) is 47.1 Å². The summed E-state index contributed by atoms with van der Waals surface area (Å²) in [6.45, 7) is 4.15. The van der Waals surface area contributed by atoms with E-state index in [-0.39, 0.29) is 0 Å². The number of benzene rings is 1. The first-order valence-electron chi connectivity index (χ1n) is 8.43. The Labute approximate surface area is 131 Å². The Morgan fingerprint density at radius 3 is 2.73 bits per heavy atom. The van der Waals surface area contributed by atoms with Crippen molar-refractivity contribution in [2.45, 2.75) is 51.0 Å². The summed E-state index contributed by atoms with van der Waals surface area (Å²) < 4.78 is 5.36. The van der Waals surface area contributed by atoms with E-state index in [1.807, 2.05) is 6.92 Å². The number of aromatic nitrogens is 2. The summed E-state index contributed by atoms with van der Waals surface area (Å²) in [5.41, 5.74) is 3.11. The van der Waals surface area contributed by atoms with E-state index in [0.29, 0.717) is 12.0 Å². The summed E-state index contributed by atoms with van der Waals surface area (Å²) in [5.74, 6) is 2.02. The van der Waals surface area contributed by atoms with Gasteiger partial charge in [0.05, 0.1) is 0 Å². The molecule has 0 bridgehead atoms. The summed E-state index contributed by atoms with van der Waals surface area (Å²) in [6.07, 6.45) is 6.09. The predicted molar refractivity (Wildman–Crippen MR) is 84.7 cm³/mol. The fourth-order valence-electron chi connectivity index (χ4n) is 4.04. The van der Waals surface area contributed by atoms with Crippen molar-refractivity contribution >= 4 is 0 Å². The minimum Gasteiger partial charge on any atom is -0.339 e. The van der Waals surface area contributed by atoms with Crippen molar-refractivity contribution in [3.8, 4) is 0 Å². The molecule has 0 unspecified atom stereocenters. The quantitative estimate of drug-likeness (QED) is 0.849. The lowest BCUT2D eigenvalue weighted by Gasteiger charge is -2.39. The minimum absolute atomic E-state index is 0.441. The maximum absolute atomic E-state index is 5.36. The first-order valence-corrected chi connectivity index (χ1v) is 8.43. The molecule has 4 nitrogen and oxygen atoms in total. The van der Waals surface area contributed by atoms with Gasteiger partial charge in [-0.15, -0.1) is 0 Å². The molecule has 0 radical (unpaired) electrons. The normalized spacial score (nSPS) is 23.4. The zero-order valence-corrected chi connectivity index (χ0v) is 13.2. The molecule has 2 aliphatic rings. The summed E-state index contributed by atoms with van der Waals surface area (Å²) in [6, 6.07) is 9.59. The number of hydrogen-bond donors (Lipinski definition) is 0. The van der Waals surface area contributed by atoms with E-state index in [1.54, 1.807) is 11.1 Å². The summed E-state index contributed by atoms with van der Waals surface area (Å²) in [7, 11) is 0. The highest BCUT2D eigenvalue weighted by Crippen LogP contribution is 2.37. The molecule has 0 amide bonds. The summed E-state index contributed by atoms with van der Waals surface area (Å²) >= 11 is 0. The number of fused-ring (bicyclic) bond motifs is 1. The van der Waals surface area contributed by atoms with Gasteiger partial charge in [0.2, 0.25) is 5.89 Å². The zero-order chi connectivity index (χ0) is 14.9. The summed E-state index contributed by atoms with van der Waals surface area (Å²) in [5, 5.41) is 3.93. The van der Waals surface area contributed by atoms with Crippen LogP contribution in [-0.4, -0.2) is 28.1 Å². The molecule has 1 aromatic carbocycles. The standard InChI is InChI=1S/C18H23N3O/c1-13-19-18(22-20-13)15-9-11-21(12-10-15)17-8-4-6-14-5-2-3-7-16(14)17/h2-3,5,7,15,17H,4,6,8-12H2,1H3/t17-/m1/s1. The Balaban J connectivity index is 1.46. The molecule has 2 aromatic rings. The van der Waals surface area contributed by atoms with Gasteiger partial charge in [-0.25, -0.2) is 0 Å². The lowest BCUT2D eigenvalue weighted by Crippen LogP contribution is -2.37. The van der Waals surface area contributed by atoms with Crippen LogP contribution in [0.5, 0.6) is 0 Å².